The van der Waals surface area contributed by atoms with Crippen molar-refractivity contribution < 1.29 is 9.32 Å². The van der Waals surface area contributed by atoms with E-state index in [9.17, 15) is 0 Å². The first-order valence-corrected chi connectivity index (χ1v) is 10.4. The molecule has 136 valence electrons. The molecule has 2 atom stereocenters. The third kappa shape index (κ3) is 3.40. The normalized spacial score (nSPS) is 20.1. The second-order valence-corrected chi connectivity index (χ2v) is 8.20. The monoisotopic (exact) mass is 376 g/mol. The fourth-order valence-electron chi connectivity index (χ4n) is 3.95. The number of quaternary nitrogens is 1. The van der Waals surface area contributed by atoms with Crippen molar-refractivity contribution in [2.75, 3.05) is 6.54 Å². The standard InChI is InChI=1S/C22H21N3OS/c1-2-8-16(9-3-1)19-14-23-21(26-19)15-25-13-7-6-11-18(25)22-24-17-10-4-5-12-20(17)27-22/h1-5,8-10,12,14,18H,6-7,11,13,15H2/p+1/t18-/m0/s1. The third-order valence-corrected chi connectivity index (χ3v) is 6.48. The van der Waals surface area contributed by atoms with Crippen LogP contribution in [0.2, 0.25) is 0 Å². The molecular weight excluding hydrogens is 354 g/mol. The van der Waals surface area contributed by atoms with Crippen molar-refractivity contribution in [1.82, 2.24) is 9.97 Å². The minimum absolute atomic E-state index is 0.434. The van der Waals surface area contributed by atoms with E-state index < -0.39 is 0 Å². The van der Waals surface area contributed by atoms with Gasteiger partial charge in [0, 0.05) is 12.0 Å². The zero-order chi connectivity index (χ0) is 18.1. The number of nitrogens with one attached hydrogen (secondary N) is 1. The Kier molecular flexibility index (Phi) is 4.47. The average molecular weight is 377 g/mol. The van der Waals surface area contributed by atoms with E-state index in [1.165, 1.54) is 33.9 Å². The average Bonchev–Trinajstić information content (AvgIpc) is 3.36. The summed E-state index contributed by atoms with van der Waals surface area (Å²) < 4.78 is 7.34. The second-order valence-electron chi connectivity index (χ2n) is 7.14. The van der Waals surface area contributed by atoms with E-state index in [0.29, 0.717) is 6.04 Å². The third-order valence-electron chi connectivity index (χ3n) is 5.33. The molecule has 5 rings (SSSR count). The molecule has 5 heteroatoms. The number of aromatic nitrogens is 2. The van der Waals surface area contributed by atoms with Crippen LogP contribution >= 0.6 is 11.3 Å². The lowest BCUT2D eigenvalue weighted by molar-refractivity contribution is -0.951. The fourth-order valence-corrected chi connectivity index (χ4v) is 5.11. The number of para-hydroxylation sites is 1. The Bertz CT molecular complexity index is 1010. The summed E-state index contributed by atoms with van der Waals surface area (Å²) in [7, 11) is 0. The van der Waals surface area contributed by atoms with Gasteiger partial charge in [-0.05, 0) is 25.0 Å². The van der Waals surface area contributed by atoms with Gasteiger partial charge in [-0.15, -0.1) is 11.3 Å². The van der Waals surface area contributed by atoms with Gasteiger partial charge in [0.15, 0.2) is 17.3 Å². The van der Waals surface area contributed by atoms with Crippen LogP contribution in [0.25, 0.3) is 21.5 Å². The van der Waals surface area contributed by atoms with Gasteiger partial charge >= 0.3 is 0 Å². The second kappa shape index (κ2) is 7.25. The molecule has 1 N–H and O–H groups in total. The number of piperidine rings is 1. The van der Waals surface area contributed by atoms with E-state index in [1.54, 1.807) is 0 Å². The molecule has 1 aliphatic heterocycles. The number of nitrogens with zero attached hydrogens (tertiary/aromatic N) is 2. The largest absolute Gasteiger partial charge is 0.435 e. The zero-order valence-electron chi connectivity index (χ0n) is 15.1. The lowest BCUT2D eigenvalue weighted by Gasteiger charge is -2.30. The molecule has 0 saturated carbocycles. The highest BCUT2D eigenvalue weighted by Gasteiger charge is 2.31. The van der Waals surface area contributed by atoms with Crippen LogP contribution in [0.3, 0.4) is 0 Å². The Balaban J connectivity index is 1.39. The van der Waals surface area contributed by atoms with E-state index in [-0.39, 0.29) is 0 Å². The van der Waals surface area contributed by atoms with Crippen LogP contribution in [-0.4, -0.2) is 16.5 Å². The van der Waals surface area contributed by atoms with Crippen LogP contribution in [-0.2, 0) is 6.54 Å². The lowest BCUT2D eigenvalue weighted by Crippen LogP contribution is -3.11. The lowest BCUT2D eigenvalue weighted by atomic mass is 10.0. The molecule has 0 bridgehead atoms. The minimum Gasteiger partial charge on any atom is -0.435 e. The topological polar surface area (TPSA) is 43.4 Å². The maximum Gasteiger partial charge on any atom is 0.250 e. The highest BCUT2D eigenvalue weighted by molar-refractivity contribution is 7.18. The SMILES string of the molecule is c1ccc(-c2cnc(C[NH+]3CCCC[C@H]3c3nc4ccccc4s3)o2)cc1. The smallest absolute Gasteiger partial charge is 0.250 e. The van der Waals surface area contributed by atoms with Crippen LogP contribution in [0.5, 0.6) is 0 Å². The summed E-state index contributed by atoms with van der Waals surface area (Å²) in [5.74, 6) is 1.66. The number of likely N-dealkylation sites (tertiary alicyclic amines) is 1. The van der Waals surface area contributed by atoms with Crippen molar-refractivity contribution in [3.05, 3.63) is 71.7 Å². The minimum atomic E-state index is 0.434. The molecule has 0 amide bonds. The number of fused-ring (bicyclic) bond motifs is 1. The maximum atomic E-state index is 6.07. The highest BCUT2D eigenvalue weighted by atomic mass is 32.1. The molecule has 1 aliphatic rings. The quantitative estimate of drug-likeness (QED) is 0.579. The van der Waals surface area contributed by atoms with E-state index in [1.807, 2.05) is 35.7 Å². The van der Waals surface area contributed by atoms with Crippen molar-refractivity contribution in [3.63, 3.8) is 0 Å². The molecule has 4 aromatic rings. The first-order chi connectivity index (χ1) is 13.4. The van der Waals surface area contributed by atoms with Crippen LogP contribution in [0.15, 0.2) is 65.2 Å². The van der Waals surface area contributed by atoms with Gasteiger partial charge in [0.05, 0.1) is 23.0 Å². The van der Waals surface area contributed by atoms with Crippen LogP contribution < -0.4 is 4.90 Å². The van der Waals surface area contributed by atoms with Crippen molar-refractivity contribution in [1.29, 1.82) is 0 Å². The maximum absolute atomic E-state index is 6.07. The molecule has 0 aliphatic carbocycles. The molecule has 0 spiro atoms. The summed E-state index contributed by atoms with van der Waals surface area (Å²) >= 11 is 1.84. The van der Waals surface area contributed by atoms with E-state index in [4.69, 9.17) is 9.40 Å². The molecule has 1 saturated heterocycles. The van der Waals surface area contributed by atoms with Gasteiger partial charge in [0.1, 0.15) is 6.04 Å². The first kappa shape index (κ1) is 16.7. The number of benzene rings is 2. The summed E-state index contributed by atoms with van der Waals surface area (Å²) in [5.41, 5.74) is 2.19. The molecule has 1 fully saturated rings. The van der Waals surface area contributed by atoms with E-state index in [2.05, 4.69) is 41.4 Å². The number of rotatable bonds is 4. The van der Waals surface area contributed by atoms with Crippen molar-refractivity contribution in [3.8, 4) is 11.3 Å². The van der Waals surface area contributed by atoms with Gasteiger partial charge < -0.3 is 9.32 Å². The zero-order valence-corrected chi connectivity index (χ0v) is 15.9. The molecule has 3 heterocycles. The van der Waals surface area contributed by atoms with Crippen LogP contribution in [0.1, 0.15) is 36.2 Å². The molecule has 1 unspecified atom stereocenters. The van der Waals surface area contributed by atoms with Crippen LogP contribution in [0, 0.1) is 0 Å². The number of hydrogen-bond acceptors (Lipinski definition) is 4. The Morgan fingerprint density at radius 3 is 2.78 bits per heavy atom. The summed E-state index contributed by atoms with van der Waals surface area (Å²) in [5, 5.41) is 1.25. The predicted molar refractivity (Wildman–Crippen MR) is 108 cm³/mol. The molecule has 2 aromatic heterocycles. The summed E-state index contributed by atoms with van der Waals surface area (Å²) in [6.45, 7) is 1.96. The van der Waals surface area contributed by atoms with Crippen molar-refractivity contribution in [2.45, 2.75) is 31.8 Å². The van der Waals surface area contributed by atoms with Gasteiger partial charge in [0.2, 0.25) is 0 Å². The summed E-state index contributed by atoms with van der Waals surface area (Å²) in [4.78, 5) is 11.0. The number of thiazole rings is 1. The summed E-state index contributed by atoms with van der Waals surface area (Å²) in [6, 6.07) is 19.0. The van der Waals surface area contributed by atoms with Crippen molar-refractivity contribution in [2.24, 2.45) is 0 Å². The number of hydrogen-bond donors (Lipinski definition) is 1. The predicted octanol–water partition coefficient (Wildman–Crippen LogP) is 4.26. The van der Waals surface area contributed by atoms with E-state index in [0.717, 1.165) is 35.8 Å². The summed E-state index contributed by atoms with van der Waals surface area (Å²) in [6.07, 6.45) is 5.55. The van der Waals surface area contributed by atoms with Gasteiger partial charge in [-0.2, -0.15) is 0 Å². The molecule has 2 aromatic carbocycles. The molecule has 0 radical (unpaired) electrons. The van der Waals surface area contributed by atoms with Crippen molar-refractivity contribution >= 4 is 21.6 Å². The van der Waals surface area contributed by atoms with Gasteiger partial charge in [-0.25, -0.2) is 9.97 Å². The molecular formula is C22H22N3OS+. The Labute approximate surface area is 162 Å². The van der Waals surface area contributed by atoms with Crippen LogP contribution in [0.4, 0.5) is 0 Å². The Morgan fingerprint density at radius 1 is 1.04 bits per heavy atom. The number of oxazole rings is 1. The first-order valence-electron chi connectivity index (χ1n) is 9.57. The Morgan fingerprint density at radius 2 is 1.89 bits per heavy atom. The van der Waals surface area contributed by atoms with Gasteiger partial charge in [-0.1, -0.05) is 42.5 Å². The Hall–Kier alpha value is -2.50. The van der Waals surface area contributed by atoms with E-state index >= 15 is 0 Å². The fraction of sp³-hybridized carbons (Fsp3) is 0.273. The highest BCUT2D eigenvalue weighted by Crippen LogP contribution is 2.29. The van der Waals surface area contributed by atoms with Gasteiger partial charge in [-0.3, -0.25) is 0 Å². The van der Waals surface area contributed by atoms with Gasteiger partial charge in [0.25, 0.3) is 5.89 Å². The molecule has 4 nitrogen and oxygen atoms in total. The molecule has 27 heavy (non-hydrogen) atoms.